The molecule has 2 amide bonds. The molecule has 0 saturated carbocycles. The van der Waals surface area contributed by atoms with Gasteiger partial charge in [0.25, 0.3) is 0 Å². The number of anilines is 2. The maximum atomic E-state index is 12.0. The lowest BCUT2D eigenvalue weighted by atomic mass is 10.2. The van der Waals surface area contributed by atoms with Gasteiger partial charge in [-0.2, -0.15) is 0 Å². The van der Waals surface area contributed by atoms with Crippen LogP contribution in [0.5, 0.6) is 0 Å². The monoisotopic (exact) mass is 340 g/mol. The van der Waals surface area contributed by atoms with Crippen LogP contribution >= 0.6 is 0 Å². The van der Waals surface area contributed by atoms with Gasteiger partial charge in [0.05, 0.1) is 6.54 Å². The Morgan fingerprint density at radius 3 is 2.36 bits per heavy atom. The molecule has 2 aromatic carbocycles. The van der Waals surface area contributed by atoms with Gasteiger partial charge in [0.15, 0.2) is 6.10 Å². The number of amides is 2. The summed E-state index contributed by atoms with van der Waals surface area (Å²) in [4.78, 5) is 25.4. The molecule has 0 bridgehead atoms. The highest BCUT2D eigenvalue weighted by Gasteiger charge is 2.33. The number of nitrogens with one attached hydrogen (secondary N) is 1. The van der Waals surface area contributed by atoms with E-state index in [2.05, 4.69) is 5.32 Å². The first-order valence-electron chi connectivity index (χ1n) is 8.06. The van der Waals surface area contributed by atoms with Crippen LogP contribution in [0.25, 0.3) is 0 Å². The maximum absolute atomic E-state index is 12.0. The number of ether oxygens (including phenoxy) is 2. The Kier molecular flexibility index (Phi) is 4.88. The molecule has 0 aliphatic carbocycles. The summed E-state index contributed by atoms with van der Waals surface area (Å²) < 4.78 is 10.4. The molecule has 1 atom stereocenters. The molecule has 25 heavy (non-hydrogen) atoms. The number of hydrogen-bond acceptors (Lipinski definition) is 4. The van der Waals surface area contributed by atoms with Crippen molar-refractivity contribution in [3.63, 3.8) is 0 Å². The molecule has 130 valence electrons. The minimum Gasteiger partial charge on any atom is -0.445 e. The van der Waals surface area contributed by atoms with Crippen molar-refractivity contribution in [2.75, 3.05) is 23.4 Å². The van der Waals surface area contributed by atoms with Crippen molar-refractivity contribution in [2.45, 2.75) is 20.0 Å². The molecule has 0 aromatic heterocycles. The van der Waals surface area contributed by atoms with Crippen LogP contribution in [0.15, 0.2) is 48.5 Å². The van der Waals surface area contributed by atoms with Crippen LogP contribution in [0.2, 0.25) is 0 Å². The van der Waals surface area contributed by atoms with Crippen LogP contribution in [0, 0.1) is 13.8 Å². The van der Waals surface area contributed by atoms with Crippen molar-refractivity contribution < 1.29 is 19.1 Å². The van der Waals surface area contributed by atoms with Crippen LogP contribution < -0.4 is 10.2 Å². The fraction of sp³-hybridized carbons (Fsp3) is 0.263. The zero-order valence-electron chi connectivity index (χ0n) is 14.2. The van der Waals surface area contributed by atoms with Gasteiger partial charge in [0.2, 0.25) is 0 Å². The molecule has 1 heterocycles. The van der Waals surface area contributed by atoms with Gasteiger partial charge in [-0.1, -0.05) is 35.4 Å². The minimum absolute atomic E-state index is 0.00575. The summed E-state index contributed by atoms with van der Waals surface area (Å²) >= 11 is 0. The van der Waals surface area contributed by atoms with E-state index in [1.54, 1.807) is 12.1 Å². The number of cyclic esters (lactones) is 1. The number of carbonyl (C=O) groups is 2. The summed E-state index contributed by atoms with van der Waals surface area (Å²) in [7, 11) is 0. The van der Waals surface area contributed by atoms with Gasteiger partial charge < -0.3 is 9.47 Å². The van der Waals surface area contributed by atoms with E-state index in [1.807, 2.05) is 50.2 Å². The average Bonchev–Trinajstić information content (AvgIpc) is 2.97. The Morgan fingerprint density at radius 2 is 1.72 bits per heavy atom. The lowest BCUT2D eigenvalue weighted by molar-refractivity contribution is 0.0798. The highest BCUT2D eigenvalue weighted by molar-refractivity contribution is 5.90. The van der Waals surface area contributed by atoms with Gasteiger partial charge in [-0.05, 0) is 38.1 Å². The summed E-state index contributed by atoms with van der Waals surface area (Å²) in [5, 5.41) is 2.64. The van der Waals surface area contributed by atoms with Crippen LogP contribution in [-0.4, -0.2) is 31.4 Å². The zero-order valence-corrected chi connectivity index (χ0v) is 14.2. The van der Waals surface area contributed by atoms with E-state index in [9.17, 15) is 9.59 Å². The first-order valence-corrected chi connectivity index (χ1v) is 8.06. The smallest absolute Gasteiger partial charge is 0.414 e. The molecule has 6 nitrogen and oxygen atoms in total. The Balaban J connectivity index is 1.50. The van der Waals surface area contributed by atoms with E-state index in [4.69, 9.17) is 9.47 Å². The van der Waals surface area contributed by atoms with E-state index < -0.39 is 18.3 Å². The van der Waals surface area contributed by atoms with Crippen LogP contribution in [-0.2, 0) is 9.47 Å². The Hall–Kier alpha value is -3.02. The fourth-order valence-electron chi connectivity index (χ4n) is 2.50. The summed E-state index contributed by atoms with van der Waals surface area (Å²) in [6.07, 6.45) is -1.50. The molecule has 0 spiro atoms. The third-order valence-corrected chi connectivity index (χ3v) is 3.92. The second-order valence-corrected chi connectivity index (χ2v) is 6.04. The van der Waals surface area contributed by atoms with Gasteiger partial charge in [-0.25, -0.2) is 9.59 Å². The molecule has 3 rings (SSSR count). The predicted octanol–water partition coefficient (Wildman–Crippen LogP) is 3.88. The van der Waals surface area contributed by atoms with Gasteiger partial charge in [-0.3, -0.25) is 10.2 Å². The highest BCUT2D eigenvalue weighted by Crippen LogP contribution is 2.22. The summed E-state index contributed by atoms with van der Waals surface area (Å²) in [5.74, 6) is 0. The van der Waals surface area contributed by atoms with Crippen molar-refractivity contribution in [3.05, 3.63) is 59.7 Å². The Morgan fingerprint density at radius 1 is 1.12 bits per heavy atom. The van der Waals surface area contributed by atoms with Crippen LogP contribution in [0.3, 0.4) is 0 Å². The number of hydrogen-bond donors (Lipinski definition) is 1. The SMILES string of the molecule is Cc1ccc(NC(=O)OCC2CN(c3ccc(C)cc3)C(=O)O2)cc1. The second kappa shape index (κ2) is 7.25. The lowest BCUT2D eigenvalue weighted by Gasteiger charge is -2.13. The number of carbonyl (C=O) groups excluding carboxylic acids is 2. The molecule has 1 N–H and O–H groups in total. The summed E-state index contributed by atoms with van der Waals surface area (Å²) in [6.45, 7) is 4.30. The predicted molar refractivity (Wildman–Crippen MR) is 94.9 cm³/mol. The van der Waals surface area contributed by atoms with Crippen LogP contribution in [0.4, 0.5) is 21.0 Å². The number of benzene rings is 2. The van der Waals surface area contributed by atoms with Crippen molar-refractivity contribution in [1.82, 2.24) is 0 Å². The molecular formula is C19H20N2O4. The minimum atomic E-state index is -0.575. The summed E-state index contributed by atoms with van der Waals surface area (Å²) in [5.41, 5.74) is 3.64. The fourth-order valence-corrected chi connectivity index (χ4v) is 2.50. The van der Waals surface area contributed by atoms with Gasteiger partial charge >= 0.3 is 12.2 Å². The second-order valence-electron chi connectivity index (χ2n) is 6.04. The Labute approximate surface area is 146 Å². The van der Waals surface area contributed by atoms with Crippen molar-refractivity contribution in [1.29, 1.82) is 0 Å². The molecule has 2 aromatic rings. The number of aryl methyl sites for hydroxylation is 2. The molecule has 6 heteroatoms. The van der Waals surface area contributed by atoms with Gasteiger partial charge in [-0.15, -0.1) is 0 Å². The van der Waals surface area contributed by atoms with E-state index in [0.717, 1.165) is 16.8 Å². The van der Waals surface area contributed by atoms with Crippen molar-refractivity contribution >= 4 is 23.6 Å². The first kappa shape index (κ1) is 16.8. The lowest BCUT2D eigenvalue weighted by Crippen LogP contribution is -2.27. The van der Waals surface area contributed by atoms with E-state index >= 15 is 0 Å². The molecule has 1 fully saturated rings. The largest absolute Gasteiger partial charge is 0.445 e. The molecular weight excluding hydrogens is 320 g/mol. The molecule has 1 unspecified atom stereocenters. The number of rotatable bonds is 4. The van der Waals surface area contributed by atoms with E-state index in [1.165, 1.54) is 4.90 Å². The third kappa shape index (κ3) is 4.29. The third-order valence-electron chi connectivity index (χ3n) is 3.92. The standard InChI is InChI=1S/C19H20N2O4/c1-13-3-7-15(8-4-13)20-18(22)24-12-17-11-21(19(23)25-17)16-9-5-14(2)6-10-16/h3-10,17H,11-12H2,1-2H3,(H,20,22). The van der Waals surface area contributed by atoms with Crippen molar-refractivity contribution in [2.24, 2.45) is 0 Å². The van der Waals surface area contributed by atoms with Gasteiger partial charge in [0.1, 0.15) is 6.61 Å². The Bertz CT molecular complexity index is 756. The average molecular weight is 340 g/mol. The highest BCUT2D eigenvalue weighted by atomic mass is 16.6. The van der Waals surface area contributed by atoms with Crippen molar-refractivity contribution in [3.8, 4) is 0 Å². The number of nitrogens with zero attached hydrogens (tertiary/aromatic N) is 1. The maximum Gasteiger partial charge on any atom is 0.414 e. The van der Waals surface area contributed by atoms with E-state index in [0.29, 0.717) is 12.2 Å². The topological polar surface area (TPSA) is 67.9 Å². The van der Waals surface area contributed by atoms with E-state index in [-0.39, 0.29) is 6.61 Å². The molecule has 1 saturated heterocycles. The molecule has 1 aliphatic rings. The quantitative estimate of drug-likeness (QED) is 0.917. The summed E-state index contributed by atoms with van der Waals surface area (Å²) in [6, 6.07) is 15.0. The normalized spacial score (nSPS) is 16.5. The zero-order chi connectivity index (χ0) is 17.8. The molecule has 1 aliphatic heterocycles. The van der Waals surface area contributed by atoms with Crippen LogP contribution in [0.1, 0.15) is 11.1 Å². The molecule has 0 radical (unpaired) electrons. The first-order chi connectivity index (χ1) is 12.0. The van der Waals surface area contributed by atoms with Gasteiger partial charge in [0, 0.05) is 11.4 Å².